The van der Waals surface area contributed by atoms with Crippen LogP contribution in [0.2, 0.25) is 18.1 Å². The average molecular weight is 402 g/mol. The van der Waals surface area contributed by atoms with Crippen LogP contribution in [-0.2, 0) is 9.16 Å². The molecule has 2 N–H and O–H groups in total. The van der Waals surface area contributed by atoms with E-state index in [1.807, 2.05) is 20.8 Å². The Balaban J connectivity index is 2.74. The molecule has 0 unspecified atom stereocenters. The van der Waals surface area contributed by atoms with E-state index < -0.39 is 26.1 Å². The Labute approximate surface area is 167 Å². The molecule has 1 fully saturated rings. The normalized spacial score (nSPS) is 19.4. The fourth-order valence-corrected chi connectivity index (χ4v) is 4.20. The monoisotopic (exact) mass is 401 g/mol. The maximum Gasteiger partial charge on any atom is 0.407 e. The van der Waals surface area contributed by atoms with Gasteiger partial charge in [0.05, 0.1) is 18.8 Å². The SMILES string of the molecule is CC(C)(C)OC(=O)N[C@@H](CC1CCCCC1)[C@@H](O)CO[Si](C)(C)C(C)(C)C. The van der Waals surface area contributed by atoms with Crippen LogP contribution in [-0.4, -0.2) is 43.9 Å². The quantitative estimate of drug-likeness (QED) is 0.573. The number of carbonyl (C=O) groups is 1. The van der Waals surface area contributed by atoms with Crippen LogP contribution in [0.3, 0.4) is 0 Å². The minimum atomic E-state index is -1.95. The molecule has 1 rings (SSSR count). The van der Waals surface area contributed by atoms with Crippen LogP contribution >= 0.6 is 0 Å². The predicted molar refractivity (Wildman–Crippen MR) is 114 cm³/mol. The second kappa shape index (κ2) is 9.75. The van der Waals surface area contributed by atoms with E-state index in [1.54, 1.807) is 0 Å². The van der Waals surface area contributed by atoms with Crippen molar-refractivity contribution in [3.8, 4) is 0 Å². The second-order valence-electron chi connectivity index (χ2n) is 10.6. The molecule has 5 nitrogen and oxygen atoms in total. The third-order valence-corrected chi connectivity index (χ3v) is 10.4. The molecule has 2 atom stereocenters. The molecule has 0 aliphatic heterocycles. The van der Waals surface area contributed by atoms with Gasteiger partial charge in [0.15, 0.2) is 8.32 Å². The van der Waals surface area contributed by atoms with E-state index in [1.165, 1.54) is 32.1 Å². The summed E-state index contributed by atoms with van der Waals surface area (Å²) in [6, 6.07) is -0.340. The van der Waals surface area contributed by atoms with E-state index in [2.05, 4.69) is 39.2 Å². The minimum Gasteiger partial charge on any atom is -0.444 e. The summed E-state index contributed by atoms with van der Waals surface area (Å²) in [4.78, 5) is 12.3. The van der Waals surface area contributed by atoms with Crippen molar-refractivity contribution in [2.24, 2.45) is 5.92 Å². The van der Waals surface area contributed by atoms with E-state index in [-0.39, 0.29) is 17.7 Å². The van der Waals surface area contributed by atoms with Gasteiger partial charge in [-0.1, -0.05) is 52.9 Å². The number of hydrogen-bond donors (Lipinski definition) is 2. The van der Waals surface area contributed by atoms with Gasteiger partial charge in [0, 0.05) is 0 Å². The van der Waals surface area contributed by atoms with Crippen molar-refractivity contribution in [3.05, 3.63) is 0 Å². The smallest absolute Gasteiger partial charge is 0.407 e. The summed E-state index contributed by atoms with van der Waals surface area (Å²) < 4.78 is 11.6. The number of hydrogen-bond acceptors (Lipinski definition) is 4. The number of ether oxygens (including phenoxy) is 1. The van der Waals surface area contributed by atoms with Gasteiger partial charge in [0.2, 0.25) is 0 Å². The molecular weight excluding hydrogens is 358 g/mol. The lowest BCUT2D eigenvalue weighted by molar-refractivity contribution is 0.0283. The topological polar surface area (TPSA) is 67.8 Å². The molecule has 1 amide bonds. The van der Waals surface area contributed by atoms with Crippen molar-refractivity contribution < 1.29 is 19.1 Å². The highest BCUT2D eigenvalue weighted by Gasteiger charge is 2.38. The van der Waals surface area contributed by atoms with Crippen molar-refractivity contribution >= 4 is 14.4 Å². The Bertz CT molecular complexity index is 462. The number of amides is 1. The van der Waals surface area contributed by atoms with E-state index >= 15 is 0 Å². The first-order chi connectivity index (χ1) is 12.2. The lowest BCUT2D eigenvalue weighted by Gasteiger charge is -2.38. The fraction of sp³-hybridized carbons (Fsp3) is 0.952. The van der Waals surface area contributed by atoms with Gasteiger partial charge >= 0.3 is 6.09 Å². The number of aliphatic hydroxyl groups excluding tert-OH is 1. The molecule has 6 heteroatoms. The summed E-state index contributed by atoms with van der Waals surface area (Å²) in [5.41, 5.74) is -0.554. The number of nitrogens with one attached hydrogen (secondary N) is 1. The first-order valence-electron chi connectivity index (χ1n) is 10.5. The lowest BCUT2D eigenvalue weighted by atomic mass is 9.84. The minimum absolute atomic E-state index is 0.0875. The van der Waals surface area contributed by atoms with Crippen molar-refractivity contribution in [1.82, 2.24) is 5.32 Å². The Morgan fingerprint density at radius 1 is 1.11 bits per heavy atom. The maximum atomic E-state index is 12.3. The van der Waals surface area contributed by atoms with Crippen molar-refractivity contribution in [3.63, 3.8) is 0 Å². The van der Waals surface area contributed by atoms with Crippen LogP contribution in [0.25, 0.3) is 0 Å². The number of carbonyl (C=O) groups excluding carboxylic acids is 1. The zero-order valence-corrected chi connectivity index (χ0v) is 19.9. The molecule has 1 aliphatic carbocycles. The van der Waals surface area contributed by atoms with E-state index in [9.17, 15) is 9.90 Å². The van der Waals surface area contributed by atoms with E-state index in [4.69, 9.17) is 9.16 Å². The van der Waals surface area contributed by atoms with Crippen molar-refractivity contribution in [2.45, 2.75) is 116 Å². The van der Waals surface area contributed by atoms with Gasteiger partial charge in [-0.05, 0) is 51.2 Å². The number of alkyl carbamates (subject to hydrolysis) is 1. The van der Waals surface area contributed by atoms with Crippen molar-refractivity contribution in [1.29, 1.82) is 0 Å². The zero-order chi connectivity index (χ0) is 20.9. The number of rotatable bonds is 7. The first kappa shape index (κ1) is 24.4. The molecule has 0 aromatic carbocycles. The summed E-state index contributed by atoms with van der Waals surface area (Å²) in [7, 11) is -1.95. The Morgan fingerprint density at radius 2 is 1.67 bits per heavy atom. The Hall–Kier alpha value is -0.593. The standard InChI is InChI=1S/C21H43NO4Si/c1-20(2,3)26-19(24)22-17(14-16-12-10-9-11-13-16)18(23)15-25-27(7,8)21(4,5)6/h16-18,23H,9-15H2,1-8H3,(H,22,24)/t17-,18-/m0/s1. The van der Waals surface area contributed by atoms with Crippen molar-refractivity contribution in [2.75, 3.05) is 6.61 Å². The molecule has 1 saturated carbocycles. The fourth-order valence-electron chi connectivity index (χ4n) is 3.18. The van der Waals surface area contributed by atoms with Crippen LogP contribution in [0.4, 0.5) is 4.79 Å². The van der Waals surface area contributed by atoms with E-state index in [0.29, 0.717) is 5.92 Å². The molecular formula is C21H43NO4Si. The zero-order valence-electron chi connectivity index (χ0n) is 18.9. The first-order valence-corrected chi connectivity index (χ1v) is 13.4. The molecule has 0 heterocycles. The summed E-state index contributed by atoms with van der Waals surface area (Å²) in [6.45, 7) is 16.7. The maximum absolute atomic E-state index is 12.3. The average Bonchev–Trinajstić information content (AvgIpc) is 2.50. The van der Waals surface area contributed by atoms with Gasteiger partial charge in [-0.3, -0.25) is 0 Å². The van der Waals surface area contributed by atoms with Gasteiger partial charge in [0.1, 0.15) is 5.60 Å². The van der Waals surface area contributed by atoms with Gasteiger partial charge in [0.25, 0.3) is 0 Å². The molecule has 27 heavy (non-hydrogen) atoms. The lowest BCUT2D eigenvalue weighted by Crippen LogP contribution is -2.50. The summed E-state index contributed by atoms with van der Waals surface area (Å²) in [5, 5.41) is 13.9. The van der Waals surface area contributed by atoms with Gasteiger partial charge in [-0.25, -0.2) is 4.79 Å². The van der Waals surface area contributed by atoms with E-state index in [0.717, 1.165) is 6.42 Å². The molecule has 1 aliphatic rings. The van der Waals surface area contributed by atoms with Gasteiger partial charge in [-0.15, -0.1) is 0 Å². The Morgan fingerprint density at radius 3 is 2.15 bits per heavy atom. The highest BCUT2D eigenvalue weighted by atomic mass is 28.4. The molecule has 0 saturated heterocycles. The molecule has 0 bridgehead atoms. The predicted octanol–water partition coefficient (Wildman–Crippen LogP) is 5.23. The highest BCUT2D eigenvalue weighted by molar-refractivity contribution is 6.74. The third kappa shape index (κ3) is 8.96. The molecule has 0 spiro atoms. The van der Waals surface area contributed by atoms with Crippen LogP contribution < -0.4 is 5.32 Å². The van der Waals surface area contributed by atoms with Crippen LogP contribution in [0.15, 0.2) is 0 Å². The van der Waals surface area contributed by atoms with Gasteiger partial charge < -0.3 is 19.6 Å². The second-order valence-corrected chi connectivity index (χ2v) is 15.4. The number of aliphatic hydroxyl groups is 1. The highest BCUT2D eigenvalue weighted by Crippen LogP contribution is 2.36. The van der Waals surface area contributed by atoms with Gasteiger partial charge in [-0.2, -0.15) is 0 Å². The van der Waals surface area contributed by atoms with Crippen LogP contribution in [0, 0.1) is 5.92 Å². The molecule has 160 valence electrons. The third-order valence-electron chi connectivity index (χ3n) is 5.90. The summed E-state index contributed by atoms with van der Waals surface area (Å²) in [5.74, 6) is 0.543. The molecule has 0 aromatic rings. The Kier molecular flexibility index (Phi) is 8.82. The van der Waals surface area contributed by atoms with Crippen LogP contribution in [0.1, 0.15) is 80.1 Å². The molecule has 0 radical (unpaired) electrons. The summed E-state index contributed by atoms with van der Waals surface area (Å²) >= 11 is 0. The van der Waals surface area contributed by atoms with Crippen LogP contribution in [0.5, 0.6) is 0 Å². The largest absolute Gasteiger partial charge is 0.444 e. The summed E-state index contributed by atoms with van der Waals surface area (Å²) in [6.07, 6.45) is 5.69. The molecule has 0 aromatic heterocycles.